The van der Waals surface area contributed by atoms with Gasteiger partial charge in [-0.1, -0.05) is 6.07 Å². The SMILES string of the molecule is CCNc1cc(C)ccc1C(=O)NCc1ccc(C)o1. The summed E-state index contributed by atoms with van der Waals surface area (Å²) < 4.78 is 5.44. The van der Waals surface area contributed by atoms with Crippen LogP contribution in [-0.2, 0) is 6.54 Å². The number of aryl methyl sites for hydroxylation is 2. The monoisotopic (exact) mass is 272 g/mol. The summed E-state index contributed by atoms with van der Waals surface area (Å²) in [5.41, 5.74) is 2.64. The molecule has 1 aromatic heterocycles. The third-order valence-corrected chi connectivity index (χ3v) is 3.01. The Morgan fingerprint density at radius 2 is 2.00 bits per heavy atom. The molecule has 2 aromatic rings. The maximum Gasteiger partial charge on any atom is 0.253 e. The molecule has 0 fully saturated rings. The van der Waals surface area contributed by atoms with E-state index >= 15 is 0 Å². The largest absolute Gasteiger partial charge is 0.465 e. The lowest BCUT2D eigenvalue weighted by atomic mass is 10.1. The van der Waals surface area contributed by atoms with Crippen molar-refractivity contribution in [2.45, 2.75) is 27.3 Å². The average Bonchev–Trinajstić information content (AvgIpc) is 2.82. The van der Waals surface area contributed by atoms with E-state index in [4.69, 9.17) is 4.42 Å². The molecule has 0 unspecified atom stereocenters. The molecule has 0 spiro atoms. The van der Waals surface area contributed by atoms with Gasteiger partial charge in [0.15, 0.2) is 0 Å². The fourth-order valence-electron chi connectivity index (χ4n) is 2.04. The van der Waals surface area contributed by atoms with E-state index in [2.05, 4.69) is 10.6 Å². The molecule has 2 N–H and O–H groups in total. The van der Waals surface area contributed by atoms with E-state index in [0.717, 1.165) is 29.3 Å². The van der Waals surface area contributed by atoms with E-state index in [9.17, 15) is 4.79 Å². The van der Waals surface area contributed by atoms with Crippen molar-refractivity contribution in [2.24, 2.45) is 0 Å². The first-order valence-corrected chi connectivity index (χ1v) is 6.78. The number of anilines is 1. The minimum Gasteiger partial charge on any atom is -0.465 e. The number of hydrogen-bond acceptors (Lipinski definition) is 3. The summed E-state index contributed by atoms with van der Waals surface area (Å²) in [5, 5.41) is 6.09. The maximum absolute atomic E-state index is 12.2. The van der Waals surface area contributed by atoms with Crippen LogP contribution in [0.4, 0.5) is 5.69 Å². The first-order chi connectivity index (χ1) is 9.60. The zero-order valence-corrected chi connectivity index (χ0v) is 12.1. The minimum absolute atomic E-state index is 0.102. The van der Waals surface area contributed by atoms with E-state index < -0.39 is 0 Å². The van der Waals surface area contributed by atoms with Crippen LogP contribution in [0.5, 0.6) is 0 Å². The number of carbonyl (C=O) groups excluding carboxylic acids is 1. The molecule has 4 nitrogen and oxygen atoms in total. The molecule has 2 rings (SSSR count). The highest BCUT2D eigenvalue weighted by Gasteiger charge is 2.11. The van der Waals surface area contributed by atoms with E-state index in [0.29, 0.717) is 12.1 Å². The lowest BCUT2D eigenvalue weighted by molar-refractivity contribution is 0.0948. The molecular weight excluding hydrogens is 252 g/mol. The van der Waals surface area contributed by atoms with Crippen molar-refractivity contribution < 1.29 is 9.21 Å². The van der Waals surface area contributed by atoms with E-state index in [-0.39, 0.29) is 5.91 Å². The van der Waals surface area contributed by atoms with Crippen LogP contribution in [-0.4, -0.2) is 12.5 Å². The molecule has 0 atom stereocenters. The number of benzene rings is 1. The number of nitrogens with one attached hydrogen (secondary N) is 2. The van der Waals surface area contributed by atoms with Crippen molar-refractivity contribution in [2.75, 3.05) is 11.9 Å². The fourth-order valence-corrected chi connectivity index (χ4v) is 2.04. The Balaban J connectivity index is 2.08. The van der Waals surface area contributed by atoms with Gasteiger partial charge in [-0.25, -0.2) is 0 Å². The standard InChI is InChI=1S/C16H20N2O2/c1-4-17-15-9-11(2)5-8-14(15)16(19)18-10-13-7-6-12(3)20-13/h5-9,17H,4,10H2,1-3H3,(H,18,19). The molecule has 106 valence electrons. The summed E-state index contributed by atoms with van der Waals surface area (Å²) in [4.78, 5) is 12.2. The van der Waals surface area contributed by atoms with Gasteiger partial charge in [0.2, 0.25) is 0 Å². The quantitative estimate of drug-likeness (QED) is 0.878. The number of furan rings is 1. The van der Waals surface area contributed by atoms with Crippen molar-refractivity contribution in [3.8, 4) is 0 Å². The predicted molar refractivity (Wildman–Crippen MR) is 80.0 cm³/mol. The topological polar surface area (TPSA) is 54.3 Å². The summed E-state index contributed by atoms with van der Waals surface area (Å²) in [6, 6.07) is 9.52. The highest BCUT2D eigenvalue weighted by molar-refractivity contribution is 5.99. The lowest BCUT2D eigenvalue weighted by Gasteiger charge is -2.11. The highest BCUT2D eigenvalue weighted by atomic mass is 16.3. The van der Waals surface area contributed by atoms with Crippen LogP contribution < -0.4 is 10.6 Å². The van der Waals surface area contributed by atoms with E-state index in [1.165, 1.54) is 0 Å². The zero-order chi connectivity index (χ0) is 14.5. The van der Waals surface area contributed by atoms with Gasteiger partial charge in [-0.2, -0.15) is 0 Å². The molecule has 20 heavy (non-hydrogen) atoms. The van der Waals surface area contributed by atoms with Crippen molar-refractivity contribution in [1.82, 2.24) is 5.32 Å². The number of rotatable bonds is 5. The zero-order valence-electron chi connectivity index (χ0n) is 12.1. The summed E-state index contributed by atoms with van der Waals surface area (Å²) >= 11 is 0. The second-order valence-corrected chi connectivity index (χ2v) is 4.77. The Kier molecular flexibility index (Phi) is 4.45. The third-order valence-electron chi connectivity index (χ3n) is 3.01. The van der Waals surface area contributed by atoms with Crippen molar-refractivity contribution in [1.29, 1.82) is 0 Å². The molecule has 0 bridgehead atoms. The minimum atomic E-state index is -0.102. The van der Waals surface area contributed by atoms with Crippen LogP contribution in [0, 0.1) is 13.8 Å². The number of hydrogen-bond donors (Lipinski definition) is 2. The smallest absolute Gasteiger partial charge is 0.253 e. The average molecular weight is 272 g/mol. The molecule has 1 heterocycles. The van der Waals surface area contributed by atoms with Gasteiger partial charge in [0, 0.05) is 12.2 Å². The number of carbonyl (C=O) groups is 1. The second kappa shape index (κ2) is 6.28. The van der Waals surface area contributed by atoms with Gasteiger partial charge in [0.1, 0.15) is 11.5 Å². The van der Waals surface area contributed by atoms with Crippen LogP contribution in [0.1, 0.15) is 34.4 Å². The van der Waals surface area contributed by atoms with E-state index in [1.807, 2.05) is 51.1 Å². The summed E-state index contributed by atoms with van der Waals surface area (Å²) in [5.74, 6) is 1.50. The third kappa shape index (κ3) is 3.41. The Bertz CT molecular complexity index is 602. The Hall–Kier alpha value is -2.23. The first kappa shape index (κ1) is 14.2. The van der Waals surface area contributed by atoms with Crippen molar-refractivity contribution in [3.05, 3.63) is 53.0 Å². The maximum atomic E-state index is 12.2. The van der Waals surface area contributed by atoms with Gasteiger partial charge >= 0.3 is 0 Å². The Morgan fingerprint density at radius 1 is 1.20 bits per heavy atom. The molecule has 0 aliphatic rings. The molecule has 4 heteroatoms. The van der Waals surface area contributed by atoms with Crippen LogP contribution in [0.15, 0.2) is 34.7 Å². The normalized spacial score (nSPS) is 10.3. The van der Waals surface area contributed by atoms with Crippen LogP contribution >= 0.6 is 0 Å². The molecular formula is C16H20N2O2. The lowest BCUT2D eigenvalue weighted by Crippen LogP contribution is -2.23. The van der Waals surface area contributed by atoms with Crippen LogP contribution in [0.25, 0.3) is 0 Å². The fraction of sp³-hybridized carbons (Fsp3) is 0.312. The van der Waals surface area contributed by atoms with Crippen molar-refractivity contribution >= 4 is 11.6 Å². The van der Waals surface area contributed by atoms with Gasteiger partial charge in [-0.05, 0) is 50.6 Å². The van der Waals surface area contributed by atoms with Crippen molar-refractivity contribution in [3.63, 3.8) is 0 Å². The van der Waals surface area contributed by atoms with E-state index in [1.54, 1.807) is 0 Å². The molecule has 1 aromatic carbocycles. The molecule has 0 aliphatic heterocycles. The Labute approximate surface area is 119 Å². The molecule has 0 saturated heterocycles. The van der Waals surface area contributed by atoms with Crippen LogP contribution in [0.3, 0.4) is 0 Å². The molecule has 0 radical (unpaired) electrons. The van der Waals surface area contributed by atoms with Gasteiger partial charge in [-0.15, -0.1) is 0 Å². The summed E-state index contributed by atoms with van der Waals surface area (Å²) in [6.45, 7) is 7.07. The molecule has 1 amide bonds. The highest BCUT2D eigenvalue weighted by Crippen LogP contribution is 2.17. The van der Waals surface area contributed by atoms with Gasteiger partial charge in [0.05, 0.1) is 12.1 Å². The Morgan fingerprint density at radius 3 is 2.65 bits per heavy atom. The molecule has 0 saturated carbocycles. The van der Waals surface area contributed by atoms with Gasteiger partial charge in [-0.3, -0.25) is 4.79 Å². The predicted octanol–water partition coefficient (Wildman–Crippen LogP) is 3.26. The first-order valence-electron chi connectivity index (χ1n) is 6.78. The number of amides is 1. The second-order valence-electron chi connectivity index (χ2n) is 4.77. The molecule has 0 aliphatic carbocycles. The summed E-state index contributed by atoms with van der Waals surface area (Å²) in [7, 11) is 0. The van der Waals surface area contributed by atoms with Gasteiger partial charge in [0.25, 0.3) is 5.91 Å². The summed E-state index contributed by atoms with van der Waals surface area (Å²) in [6.07, 6.45) is 0. The van der Waals surface area contributed by atoms with Gasteiger partial charge < -0.3 is 15.1 Å². The van der Waals surface area contributed by atoms with Crippen LogP contribution in [0.2, 0.25) is 0 Å².